The highest BCUT2D eigenvalue weighted by atomic mass is 16.7. The zero-order valence-corrected chi connectivity index (χ0v) is 30.8. The number of methoxy groups -OCH3 is 1. The fourth-order valence-electron chi connectivity index (χ4n) is 7.73. The van der Waals surface area contributed by atoms with Crippen LogP contribution in [0.25, 0.3) is 0 Å². The van der Waals surface area contributed by atoms with Gasteiger partial charge in [-0.15, -0.1) is 0 Å². The number of ketones is 1. The number of hydrogen-bond acceptors (Lipinski definition) is 11. The second-order valence-corrected chi connectivity index (χ2v) is 15.4. The number of nitrogens with one attached hydrogen (secondary N) is 2. The molecule has 3 saturated heterocycles. The summed E-state index contributed by atoms with van der Waals surface area (Å²) in [5, 5.41) is 18.0. The summed E-state index contributed by atoms with van der Waals surface area (Å²) < 4.78 is 31.1. The van der Waals surface area contributed by atoms with E-state index in [2.05, 4.69) is 31.4 Å². The van der Waals surface area contributed by atoms with E-state index in [1.165, 1.54) is 6.92 Å². The van der Waals surface area contributed by atoms with Gasteiger partial charge in [0, 0.05) is 25.1 Å². The first-order chi connectivity index (χ1) is 21.9. The van der Waals surface area contributed by atoms with Crippen molar-refractivity contribution in [3.05, 3.63) is 0 Å². The average molecular weight is 670 g/mol. The lowest BCUT2D eigenvalue weighted by molar-refractivity contribution is -0.298. The molecule has 2 unspecified atom stereocenters. The van der Waals surface area contributed by atoms with E-state index in [0.717, 1.165) is 12.8 Å². The fraction of sp³-hybridized carbons (Fsp3) is 0.914. The number of nitrogens with zero attached hydrogens (tertiary/aromatic N) is 1. The lowest BCUT2D eigenvalue weighted by Crippen LogP contribution is -2.60. The molecule has 3 aliphatic heterocycles. The number of likely N-dealkylation sites (N-methyl/N-ethyl adjacent to an activating group) is 1. The quantitative estimate of drug-likeness (QED) is 0.257. The zero-order chi connectivity index (χ0) is 35.4. The number of amides is 1. The van der Waals surface area contributed by atoms with E-state index in [1.807, 2.05) is 39.8 Å². The molecule has 3 heterocycles. The summed E-state index contributed by atoms with van der Waals surface area (Å²) in [4.78, 5) is 42.3. The second-order valence-electron chi connectivity index (χ2n) is 15.4. The van der Waals surface area contributed by atoms with Crippen molar-refractivity contribution in [2.45, 2.75) is 154 Å². The van der Waals surface area contributed by atoms with Gasteiger partial charge < -0.3 is 44.3 Å². The summed E-state index contributed by atoms with van der Waals surface area (Å²) in [5.41, 5.74) is -2.15. The van der Waals surface area contributed by atoms with Crippen LogP contribution in [0.15, 0.2) is 0 Å². The number of aliphatic hydroxyl groups excluding tert-OH is 1. The summed E-state index contributed by atoms with van der Waals surface area (Å²) in [6.07, 6.45) is -1.02. The lowest BCUT2D eigenvalue weighted by Gasteiger charge is -2.47. The number of hydrogen-bond donors (Lipinski definition) is 3. The number of aliphatic hydroxyl groups is 1. The van der Waals surface area contributed by atoms with Crippen LogP contribution >= 0.6 is 0 Å². The number of fused-ring (bicyclic) bond motifs is 1. The van der Waals surface area contributed by atoms with Crippen LogP contribution in [0.3, 0.4) is 0 Å². The number of esters is 1. The molecule has 1 amide bonds. The largest absolute Gasteiger partial charge is 0.458 e. The van der Waals surface area contributed by atoms with E-state index >= 15 is 0 Å². The fourth-order valence-corrected chi connectivity index (χ4v) is 7.73. The van der Waals surface area contributed by atoms with Gasteiger partial charge in [-0.05, 0) is 92.3 Å². The van der Waals surface area contributed by atoms with Crippen molar-refractivity contribution in [3.63, 3.8) is 0 Å². The number of alkyl carbamates (subject to hydrolysis) is 1. The van der Waals surface area contributed by atoms with Crippen molar-refractivity contribution in [1.82, 2.24) is 15.5 Å². The standard InChI is InChI=1S/C35H63N3O9/c1-13-26-35(9)29(37-33(42)47-35)23(7)36-18-20(4)17-34(8,43-12)30(21(5)27(39)22(6)31(41)45-26)46-32-28(40)25(38(10)11)16-24(44-32)15-14-19(2)3/h19-26,28-30,32,36,40H,13-18H2,1-12H3,(H,37,42)/t20-,21+,22?,23-,24-,25?,26-,28-,29-,30-,32+,34-,35-/m1/s1. The number of cyclic esters (lactones) is 1. The topological polar surface area (TPSA) is 145 Å². The van der Waals surface area contributed by atoms with E-state index in [4.69, 9.17) is 23.7 Å². The second kappa shape index (κ2) is 16.3. The number of Topliss-reactive ketones (excluding diaryl/α,β-unsaturated/α-hetero) is 1. The molecule has 13 atom stereocenters. The summed E-state index contributed by atoms with van der Waals surface area (Å²) in [6.45, 7) is 17.8. The van der Waals surface area contributed by atoms with Gasteiger partial charge in [0.1, 0.15) is 18.1 Å². The maximum Gasteiger partial charge on any atom is 0.408 e. The predicted octanol–water partition coefficient (Wildman–Crippen LogP) is 3.67. The summed E-state index contributed by atoms with van der Waals surface area (Å²) in [6, 6.07) is -0.929. The summed E-state index contributed by atoms with van der Waals surface area (Å²) in [7, 11) is 5.46. The van der Waals surface area contributed by atoms with Crippen LogP contribution < -0.4 is 10.6 Å². The van der Waals surface area contributed by atoms with E-state index < -0.39 is 65.7 Å². The van der Waals surface area contributed by atoms with Gasteiger partial charge in [0.25, 0.3) is 0 Å². The minimum Gasteiger partial charge on any atom is -0.458 e. The Morgan fingerprint density at radius 3 is 2.34 bits per heavy atom. The van der Waals surface area contributed by atoms with Gasteiger partial charge >= 0.3 is 12.1 Å². The molecule has 3 N–H and O–H groups in total. The molecular weight excluding hydrogens is 606 g/mol. The van der Waals surface area contributed by atoms with Crippen LogP contribution in [-0.4, -0.2) is 116 Å². The molecule has 0 radical (unpaired) electrons. The Hall–Kier alpha value is -1.83. The molecule has 0 aliphatic carbocycles. The van der Waals surface area contributed by atoms with E-state index in [0.29, 0.717) is 31.7 Å². The monoisotopic (exact) mass is 669 g/mol. The first kappa shape index (κ1) is 39.6. The molecule has 12 heteroatoms. The Balaban J connectivity index is 2.02. The SMILES string of the molecule is CC[C@H]1OC(=O)C(C)C(=O)[C@H](C)[C@@H](O[C@@H]2O[C@H](CCC(C)C)CC(N(C)C)[C@H]2O)[C@](C)(OC)C[C@@H](C)CN[C@H](C)[C@H]2NC(=O)O[C@@]21C. The first-order valence-electron chi connectivity index (χ1n) is 17.6. The highest BCUT2D eigenvalue weighted by molar-refractivity contribution is 6.00. The van der Waals surface area contributed by atoms with Gasteiger partial charge in [-0.3, -0.25) is 9.59 Å². The maximum atomic E-state index is 14.2. The normalized spacial score (nSPS) is 42.7. The van der Waals surface area contributed by atoms with Crippen LogP contribution in [0, 0.1) is 23.7 Å². The highest BCUT2D eigenvalue weighted by Crippen LogP contribution is 2.38. The van der Waals surface area contributed by atoms with E-state index in [1.54, 1.807) is 21.0 Å². The minimum atomic E-state index is -1.15. The molecule has 3 rings (SSSR count). The molecule has 0 aromatic heterocycles. The predicted molar refractivity (Wildman–Crippen MR) is 178 cm³/mol. The third-order valence-electron chi connectivity index (χ3n) is 10.8. The Morgan fingerprint density at radius 2 is 1.77 bits per heavy atom. The van der Waals surface area contributed by atoms with Gasteiger partial charge in [-0.1, -0.05) is 34.6 Å². The molecule has 0 bridgehead atoms. The van der Waals surface area contributed by atoms with Crippen molar-refractivity contribution < 1.29 is 43.2 Å². The third kappa shape index (κ3) is 9.05. The molecule has 0 spiro atoms. The summed E-state index contributed by atoms with van der Waals surface area (Å²) in [5.74, 6) is -2.51. The molecule has 0 aromatic carbocycles. The maximum absolute atomic E-state index is 14.2. The molecule has 0 aromatic rings. The van der Waals surface area contributed by atoms with Gasteiger partial charge in [-0.2, -0.15) is 0 Å². The Kier molecular flexibility index (Phi) is 13.7. The van der Waals surface area contributed by atoms with Gasteiger partial charge in [0.05, 0.1) is 23.9 Å². The van der Waals surface area contributed by atoms with E-state index in [-0.39, 0.29) is 29.9 Å². The van der Waals surface area contributed by atoms with Gasteiger partial charge in [0.15, 0.2) is 17.7 Å². The molecule has 47 heavy (non-hydrogen) atoms. The summed E-state index contributed by atoms with van der Waals surface area (Å²) >= 11 is 0. The van der Waals surface area contributed by atoms with Crippen molar-refractivity contribution in [2.24, 2.45) is 23.7 Å². The van der Waals surface area contributed by atoms with Crippen LogP contribution in [0.1, 0.15) is 94.4 Å². The van der Waals surface area contributed by atoms with Crippen LogP contribution in [0.5, 0.6) is 0 Å². The molecule has 272 valence electrons. The van der Waals surface area contributed by atoms with Crippen molar-refractivity contribution in [3.8, 4) is 0 Å². The molecule has 0 saturated carbocycles. The first-order valence-corrected chi connectivity index (χ1v) is 17.6. The Morgan fingerprint density at radius 1 is 1.11 bits per heavy atom. The third-order valence-corrected chi connectivity index (χ3v) is 10.8. The average Bonchev–Trinajstić information content (AvgIpc) is 3.33. The number of rotatable bonds is 8. The van der Waals surface area contributed by atoms with Crippen LogP contribution in [0.2, 0.25) is 0 Å². The number of ether oxygens (including phenoxy) is 5. The number of carbonyl (C=O) groups is 3. The van der Waals surface area contributed by atoms with E-state index in [9.17, 15) is 19.5 Å². The molecule has 3 aliphatic rings. The minimum absolute atomic E-state index is 0.0352. The smallest absolute Gasteiger partial charge is 0.408 e. The van der Waals surface area contributed by atoms with Crippen molar-refractivity contribution >= 4 is 17.8 Å². The van der Waals surface area contributed by atoms with Crippen molar-refractivity contribution in [1.29, 1.82) is 0 Å². The molecular formula is C35H63N3O9. The Labute approximate surface area is 282 Å². The van der Waals surface area contributed by atoms with Crippen LogP contribution in [0.4, 0.5) is 4.79 Å². The highest BCUT2D eigenvalue weighted by Gasteiger charge is 2.55. The van der Waals surface area contributed by atoms with Gasteiger partial charge in [-0.25, -0.2) is 4.79 Å². The molecule has 12 nitrogen and oxygen atoms in total. The number of carbonyl (C=O) groups excluding carboxylic acids is 3. The molecule has 3 fully saturated rings. The van der Waals surface area contributed by atoms with Crippen LogP contribution in [-0.2, 0) is 33.3 Å². The zero-order valence-electron chi connectivity index (χ0n) is 30.8. The van der Waals surface area contributed by atoms with Crippen molar-refractivity contribution in [2.75, 3.05) is 27.7 Å². The van der Waals surface area contributed by atoms with Gasteiger partial charge in [0.2, 0.25) is 0 Å². The Bertz CT molecular complexity index is 1070. The lowest BCUT2D eigenvalue weighted by atomic mass is 9.78.